The number of amides is 1. The van der Waals surface area contributed by atoms with Gasteiger partial charge in [-0.2, -0.15) is 0 Å². The van der Waals surface area contributed by atoms with Crippen LogP contribution in [0.2, 0.25) is 0 Å². The third kappa shape index (κ3) is 7.08. The number of anilines is 1. The van der Waals surface area contributed by atoms with E-state index in [-0.39, 0.29) is 23.5 Å². The summed E-state index contributed by atoms with van der Waals surface area (Å²) < 4.78 is 33.3. The normalized spacial score (nSPS) is 11.2. The predicted octanol–water partition coefficient (Wildman–Crippen LogP) is 4.42. The zero-order chi connectivity index (χ0) is 23.7. The number of sulfonamides is 1. The average Bonchev–Trinajstić information content (AvgIpc) is 2.81. The van der Waals surface area contributed by atoms with Gasteiger partial charge in [-0.15, -0.1) is 0 Å². The van der Waals surface area contributed by atoms with Crippen LogP contribution in [0.3, 0.4) is 0 Å². The molecule has 33 heavy (non-hydrogen) atoms. The number of hydrogen-bond acceptors (Lipinski definition) is 4. The fourth-order valence-corrected chi connectivity index (χ4v) is 4.82. The first kappa shape index (κ1) is 24.3. The summed E-state index contributed by atoms with van der Waals surface area (Å²) in [4.78, 5) is 12.8. The quantitative estimate of drug-likeness (QED) is 0.425. The molecule has 0 aliphatic rings. The Balaban J connectivity index is 1.60. The summed E-state index contributed by atoms with van der Waals surface area (Å²) in [5, 5.41) is 2.85. The summed E-state index contributed by atoms with van der Waals surface area (Å²) in [6, 6.07) is 24.7. The van der Waals surface area contributed by atoms with Crippen LogP contribution in [0.1, 0.15) is 25.8 Å². The molecule has 0 saturated heterocycles. The van der Waals surface area contributed by atoms with Crippen LogP contribution in [0.25, 0.3) is 0 Å². The van der Waals surface area contributed by atoms with E-state index in [1.54, 1.807) is 48.5 Å². The minimum Gasteiger partial charge on any atom is -0.491 e. The topological polar surface area (TPSA) is 75.7 Å². The number of benzene rings is 3. The van der Waals surface area contributed by atoms with Crippen molar-refractivity contribution in [2.45, 2.75) is 37.7 Å². The third-order valence-corrected chi connectivity index (χ3v) is 6.69. The average molecular weight is 467 g/mol. The number of nitrogens with zero attached hydrogens (tertiary/aromatic N) is 1. The SMILES string of the molecule is CC(C)Oc1cccc(CCCNC(=O)CN(c2ccccc2)S(=O)(=O)c2ccccc2)c1. The van der Waals surface area contributed by atoms with Crippen molar-refractivity contribution < 1.29 is 17.9 Å². The Morgan fingerprint density at radius 3 is 2.27 bits per heavy atom. The number of carbonyl (C=O) groups is 1. The van der Waals surface area contributed by atoms with Gasteiger partial charge in [0.05, 0.1) is 16.7 Å². The minimum absolute atomic E-state index is 0.110. The van der Waals surface area contributed by atoms with Gasteiger partial charge in [0, 0.05) is 6.54 Å². The second-order valence-electron chi connectivity index (χ2n) is 7.93. The first-order valence-corrected chi connectivity index (χ1v) is 12.5. The maximum absolute atomic E-state index is 13.2. The van der Waals surface area contributed by atoms with E-state index >= 15 is 0 Å². The van der Waals surface area contributed by atoms with Crippen molar-refractivity contribution >= 4 is 21.6 Å². The first-order valence-electron chi connectivity index (χ1n) is 11.0. The summed E-state index contributed by atoms with van der Waals surface area (Å²) in [7, 11) is -3.88. The molecule has 0 heterocycles. The molecule has 1 N–H and O–H groups in total. The highest BCUT2D eigenvalue weighted by molar-refractivity contribution is 7.92. The van der Waals surface area contributed by atoms with E-state index in [1.165, 1.54) is 12.1 Å². The van der Waals surface area contributed by atoms with Crippen LogP contribution in [0.15, 0.2) is 89.8 Å². The van der Waals surface area contributed by atoms with Crippen LogP contribution < -0.4 is 14.4 Å². The van der Waals surface area contributed by atoms with E-state index in [2.05, 4.69) is 5.32 Å². The third-order valence-electron chi connectivity index (χ3n) is 4.90. The molecular weight excluding hydrogens is 436 g/mol. The maximum atomic E-state index is 13.2. The Kier molecular flexibility index (Phi) is 8.49. The molecule has 3 aromatic rings. The molecule has 0 saturated carbocycles. The van der Waals surface area contributed by atoms with Crippen molar-refractivity contribution in [3.8, 4) is 5.75 Å². The zero-order valence-electron chi connectivity index (χ0n) is 19.0. The molecule has 174 valence electrons. The number of ether oxygens (including phenoxy) is 1. The maximum Gasteiger partial charge on any atom is 0.264 e. The van der Waals surface area contributed by atoms with Crippen LogP contribution in [-0.4, -0.2) is 33.5 Å². The monoisotopic (exact) mass is 466 g/mol. The standard InChI is InChI=1S/C26H30N2O4S/c1-21(2)32-24-15-9-11-22(19-24)12-10-18-27-26(29)20-28(23-13-5-3-6-14-23)33(30,31)25-16-7-4-8-17-25/h3-9,11,13-17,19,21H,10,12,18,20H2,1-2H3,(H,27,29). The molecule has 0 aliphatic carbocycles. The molecule has 0 aliphatic heterocycles. The van der Waals surface area contributed by atoms with Crippen molar-refractivity contribution in [1.29, 1.82) is 0 Å². The van der Waals surface area contributed by atoms with Gasteiger partial charge in [-0.05, 0) is 68.7 Å². The van der Waals surface area contributed by atoms with Crippen molar-refractivity contribution in [2.75, 3.05) is 17.4 Å². The minimum atomic E-state index is -3.88. The summed E-state index contributed by atoms with van der Waals surface area (Å²) in [5.41, 5.74) is 1.57. The lowest BCUT2D eigenvalue weighted by molar-refractivity contribution is -0.119. The summed E-state index contributed by atoms with van der Waals surface area (Å²) >= 11 is 0. The van der Waals surface area contributed by atoms with Gasteiger partial charge in [0.15, 0.2) is 0 Å². The highest BCUT2D eigenvalue weighted by Gasteiger charge is 2.26. The summed E-state index contributed by atoms with van der Waals surface area (Å²) in [6.07, 6.45) is 1.62. The molecule has 0 radical (unpaired) electrons. The van der Waals surface area contributed by atoms with Crippen LogP contribution in [0.4, 0.5) is 5.69 Å². The van der Waals surface area contributed by atoms with Gasteiger partial charge in [0.1, 0.15) is 12.3 Å². The van der Waals surface area contributed by atoms with Crippen LogP contribution in [-0.2, 0) is 21.2 Å². The smallest absolute Gasteiger partial charge is 0.264 e. The molecule has 3 rings (SSSR count). The Morgan fingerprint density at radius 2 is 1.61 bits per heavy atom. The summed E-state index contributed by atoms with van der Waals surface area (Å²) in [5.74, 6) is 0.478. The van der Waals surface area contributed by atoms with Crippen LogP contribution in [0.5, 0.6) is 5.75 Å². The Labute approximate surface area is 196 Å². The summed E-state index contributed by atoms with van der Waals surface area (Å²) in [6.45, 7) is 4.12. The fourth-order valence-electron chi connectivity index (χ4n) is 3.38. The zero-order valence-corrected chi connectivity index (χ0v) is 19.8. The highest BCUT2D eigenvalue weighted by Crippen LogP contribution is 2.23. The number of hydrogen-bond donors (Lipinski definition) is 1. The second-order valence-corrected chi connectivity index (χ2v) is 9.79. The van der Waals surface area contributed by atoms with Crippen LogP contribution >= 0.6 is 0 Å². The van der Waals surface area contributed by atoms with E-state index in [1.807, 2.05) is 38.1 Å². The predicted molar refractivity (Wildman–Crippen MR) is 131 cm³/mol. The lowest BCUT2D eigenvalue weighted by Gasteiger charge is -2.24. The molecule has 0 aromatic heterocycles. The Bertz CT molecular complexity index is 1130. The number of aryl methyl sites for hydroxylation is 1. The number of nitrogens with one attached hydrogen (secondary N) is 1. The molecule has 0 fully saturated rings. The van der Waals surface area contributed by atoms with E-state index in [0.29, 0.717) is 12.2 Å². The van der Waals surface area contributed by atoms with Crippen molar-refractivity contribution in [1.82, 2.24) is 5.32 Å². The van der Waals surface area contributed by atoms with E-state index in [0.717, 1.165) is 28.5 Å². The van der Waals surface area contributed by atoms with Gasteiger partial charge >= 0.3 is 0 Å². The Morgan fingerprint density at radius 1 is 0.939 bits per heavy atom. The molecule has 0 atom stereocenters. The van der Waals surface area contributed by atoms with E-state index in [4.69, 9.17) is 4.74 Å². The largest absolute Gasteiger partial charge is 0.491 e. The molecule has 0 bridgehead atoms. The molecule has 6 nitrogen and oxygen atoms in total. The van der Waals surface area contributed by atoms with Gasteiger partial charge in [-0.1, -0.05) is 48.5 Å². The lowest BCUT2D eigenvalue weighted by atomic mass is 10.1. The highest BCUT2D eigenvalue weighted by atomic mass is 32.2. The molecule has 3 aromatic carbocycles. The van der Waals surface area contributed by atoms with Crippen molar-refractivity contribution in [3.63, 3.8) is 0 Å². The Hall–Kier alpha value is -3.32. The molecule has 0 unspecified atom stereocenters. The van der Waals surface area contributed by atoms with Crippen molar-refractivity contribution in [2.24, 2.45) is 0 Å². The van der Waals surface area contributed by atoms with Crippen LogP contribution in [0, 0.1) is 0 Å². The number of carbonyl (C=O) groups excluding carboxylic acids is 1. The van der Waals surface area contributed by atoms with Gasteiger partial charge in [0.2, 0.25) is 5.91 Å². The number of para-hydroxylation sites is 1. The lowest BCUT2D eigenvalue weighted by Crippen LogP contribution is -2.41. The van der Waals surface area contributed by atoms with Gasteiger partial charge in [0.25, 0.3) is 10.0 Å². The number of rotatable bonds is 11. The van der Waals surface area contributed by atoms with E-state index < -0.39 is 10.0 Å². The fraction of sp³-hybridized carbons (Fsp3) is 0.269. The first-order chi connectivity index (χ1) is 15.9. The van der Waals surface area contributed by atoms with Gasteiger partial charge < -0.3 is 10.1 Å². The van der Waals surface area contributed by atoms with E-state index in [9.17, 15) is 13.2 Å². The molecule has 7 heteroatoms. The van der Waals surface area contributed by atoms with Gasteiger partial charge in [-0.3, -0.25) is 9.10 Å². The van der Waals surface area contributed by atoms with Crippen molar-refractivity contribution in [3.05, 3.63) is 90.5 Å². The second kappa shape index (κ2) is 11.5. The molecule has 1 amide bonds. The van der Waals surface area contributed by atoms with Gasteiger partial charge in [-0.25, -0.2) is 8.42 Å². The molecular formula is C26H30N2O4S. The molecule has 0 spiro atoms.